The van der Waals surface area contributed by atoms with Gasteiger partial charge in [-0.15, -0.1) is 11.3 Å². The lowest BCUT2D eigenvalue weighted by Crippen LogP contribution is -2.12. The van der Waals surface area contributed by atoms with E-state index in [0.29, 0.717) is 0 Å². The van der Waals surface area contributed by atoms with Crippen LogP contribution in [0.25, 0.3) is 0 Å². The molecule has 2 aromatic rings. The third kappa shape index (κ3) is 1.53. The number of hydrogen-bond donors (Lipinski definition) is 0. The molecule has 0 unspecified atom stereocenters. The highest BCUT2D eigenvalue weighted by atomic mass is 32.1. The van der Waals surface area contributed by atoms with Crippen LogP contribution in [-0.2, 0) is 13.1 Å². The van der Waals surface area contributed by atoms with Crippen LogP contribution in [0.1, 0.15) is 20.8 Å². The monoisotopic (exact) mass is 229 g/mol. The van der Waals surface area contributed by atoms with Gasteiger partial charge in [0.25, 0.3) is 0 Å². The van der Waals surface area contributed by atoms with Gasteiger partial charge in [0.15, 0.2) is 6.29 Å². The Labute approximate surface area is 98.1 Å². The lowest BCUT2D eigenvalue weighted by Gasteiger charge is -2.14. The van der Waals surface area contributed by atoms with Crippen LogP contribution in [-0.4, -0.2) is 6.29 Å². The maximum atomic E-state index is 10.6. The Morgan fingerprint density at radius 3 is 2.31 bits per heavy atom. The zero-order chi connectivity index (χ0) is 11.0. The van der Waals surface area contributed by atoms with E-state index in [4.69, 9.17) is 0 Å². The van der Waals surface area contributed by atoms with Crippen molar-refractivity contribution in [3.63, 3.8) is 0 Å². The zero-order valence-corrected chi connectivity index (χ0v) is 9.54. The van der Waals surface area contributed by atoms with E-state index in [1.165, 1.54) is 16.1 Å². The summed E-state index contributed by atoms with van der Waals surface area (Å²) in [6.07, 6.45) is 0.914. The maximum absolute atomic E-state index is 10.6. The van der Waals surface area contributed by atoms with Crippen LogP contribution < -0.4 is 4.90 Å². The summed E-state index contributed by atoms with van der Waals surface area (Å²) in [7, 11) is 0. The molecule has 3 heteroatoms. The highest BCUT2D eigenvalue weighted by Gasteiger charge is 2.19. The Balaban J connectivity index is 1.88. The minimum Gasteiger partial charge on any atom is -0.355 e. The largest absolute Gasteiger partial charge is 0.355 e. The van der Waals surface area contributed by atoms with Crippen molar-refractivity contribution in [3.05, 3.63) is 52.4 Å². The molecule has 1 aromatic heterocycles. The summed E-state index contributed by atoms with van der Waals surface area (Å²) in [5.41, 5.74) is 2.78. The molecule has 0 saturated heterocycles. The van der Waals surface area contributed by atoms with Gasteiger partial charge in [-0.3, -0.25) is 4.79 Å². The van der Waals surface area contributed by atoms with Gasteiger partial charge >= 0.3 is 0 Å². The molecular weight excluding hydrogens is 218 g/mol. The molecule has 0 saturated carbocycles. The van der Waals surface area contributed by atoms with E-state index in [9.17, 15) is 4.79 Å². The molecule has 0 N–H and O–H groups in total. The molecule has 1 aromatic carbocycles. The summed E-state index contributed by atoms with van der Waals surface area (Å²) in [6, 6.07) is 12.4. The molecule has 0 bridgehead atoms. The quantitative estimate of drug-likeness (QED) is 0.738. The predicted octanol–water partition coefficient (Wildman–Crippen LogP) is 3.08. The predicted molar refractivity (Wildman–Crippen MR) is 66.0 cm³/mol. The van der Waals surface area contributed by atoms with Gasteiger partial charge in [-0.25, -0.2) is 0 Å². The van der Waals surface area contributed by atoms with Crippen molar-refractivity contribution in [3.8, 4) is 0 Å². The molecule has 1 aliphatic heterocycles. The second kappa shape index (κ2) is 3.76. The van der Waals surface area contributed by atoms with Crippen LogP contribution in [0, 0.1) is 0 Å². The van der Waals surface area contributed by atoms with Crippen LogP contribution in [0.3, 0.4) is 0 Å². The minimum atomic E-state index is 0.797. The van der Waals surface area contributed by atoms with E-state index in [1.54, 1.807) is 11.3 Å². The first kappa shape index (κ1) is 9.60. The number of carbonyl (C=O) groups excluding carboxylic acids is 1. The first-order valence-electron chi connectivity index (χ1n) is 5.23. The number of anilines is 1. The van der Waals surface area contributed by atoms with E-state index in [1.807, 2.05) is 12.1 Å². The summed E-state index contributed by atoms with van der Waals surface area (Å²) < 4.78 is 0. The fourth-order valence-electron chi connectivity index (χ4n) is 2.06. The number of fused-ring (bicyclic) bond motifs is 1. The molecular formula is C13H11NOS. The van der Waals surface area contributed by atoms with Crippen molar-refractivity contribution in [2.24, 2.45) is 0 Å². The first-order chi connectivity index (χ1) is 7.86. The van der Waals surface area contributed by atoms with Crippen molar-refractivity contribution < 1.29 is 4.79 Å². The molecule has 2 heterocycles. The summed E-state index contributed by atoms with van der Waals surface area (Å²) in [6.45, 7) is 1.91. The molecule has 3 rings (SSSR count). The average molecular weight is 229 g/mol. The Morgan fingerprint density at radius 1 is 1.06 bits per heavy atom. The summed E-state index contributed by atoms with van der Waals surface area (Å²) >= 11 is 1.56. The van der Waals surface area contributed by atoms with E-state index in [2.05, 4.69) is 29.2 Å². The van der Waals surface area contributed by atoms with E-state index in [-0.39, 0.29) is 0 Å². The van der Waals surface area contributed by atoms with Crippen molar-refractivity contribution in [1.82, 2.24) is 0 Å². The number of aldehydes is 1. The lowest BCUT2D eigenvalue weighted by atomic mass is 10.1. The Hall–Kier alpha value is -1.61. The summed E-state index contributed by atoms with van der Waals surface area (Å²) in [5, 5.41) is 1.18. The van der Waals surface area contributed by atoms with E-state index >= 15 is 0 Å². The van der Waals surface area contributed by atoms with Crippen molar-refractivity contribution in [1.29, 1.82) is 0 Å². The van der Waals surface area contributed by atoms with Gasteiger partial charge in [0.1, 0.15) is 0 Å². The molecule has 16 heavy (non-hydrogen) atoms. The van der Waals surface area contributed by atoms with Gasteiger partial charge in [0.2, 0.25) is 0 Å². The molecule has 0 atom stereocenters. The van der Waals surface area contributed by atoms with Crippen molar-refractivity contribution in [2.45, 2.75) is 13.1 Å². The molecule has 80 valence electrons. The van der Waals surface area contributed by atoms with E-state index < -0.39 is 0 Å². The molecule has 0 amide bonds. The van der Waals surface area contributed by atoms with Gasteiger partial charge in [-0.2, -0.15) is 0 Å². The smallest absolute Gasteiger partial charge is 0.160 e. The van der Waals surface area contributed by atoms with Gasteiger partial charge < -0.3 is 4.90 Å². The van der Waals surface area contributed by atoms with Crippen LogP contribution in [0.4, 0.5) is 5.00 Å². The third-order valence-corrected chi connectivity index (χ3v) is 3.95. The van der Waals surface area contributed by atoms with Crippen LogP contribution >= 0.6 is 11.3 Å². The zero-order valence-electron chi connectivity index (χ0n) is 8.72. The third-order valence-electron chi connectivity index (χ3n) is 2.88. The topological polar surface area (TPSA) is 20.3 Å². The van der Waals surface area contributed by atoms with Crippen molar-refractivity contribution >= 4 is 22.6 Å². The van der Waals surface area contributed by atoms with Crippen molar-refractivity contribution in [2.75, 3.05) is 4.90 Å². The number of benzene rings is 1. The van der Waals surface area contributed by atoms with Gasteiger partial charge in [-0.1, -0.05) is 24.3 Å². The Kier molecular flexibility index (Phi) is 2.26. The summed E-state index contributed by atoms with van der Waals surface area (Å²) in [5.74, 6) is 0. The number of thiophene rings is 1. The van der Waals surface area contributed by atoms with Crippen LogP contribution in [0.15, 0.2) is 36.4 Å². The van der Waals surface area contributed by atoms with Crippen LogP contribution in [0.2, 0.25) is 0 Å². The van der Waals surface area contributed by atoms with Crippen LogP contribution in [0.5, 0.6) is 0 Å². The molecule has 0 fully saturated rings. The lowest BCUT2D eigenvalue weighted by molar-refractivity contribution is 0.112. The molecule has 1 aliphatic rings. The molecule has 0 radical (unpaired) electrons. The molecule has 0 spiro atoms. The number of hydrogen-bond acceptors (Lipinski definition) is 3. The first-order valence-corrected chi connectivity index (χ1v) is 6.05. The number of carbonyl (C=O) groups is 1. The standard InChI is InChI=1S/C13H11NOS/c15-9-12-5-6-13(16-12)14-7-10-3-1-2-4-11(10)8-14/h1-6,9H,7-8H2. The second-order valence-electron chi connectivity index (χ2n) is 3.92. The van der Waals surface area contributed by atoms with Gasteiger partial charge in [-0.05, 0) is 23.3 Å². The minimum absolute atomic E-state index is 0.797. The SMILES string of the molecule is O=Cc1ccc(N2Cc3ccccc3C2)s1. The maximum Gasteiger partial charge on any atom is 0.160 e. The second-order valence-corrected chi connectivity index (χ2v) is 5.01. The Morgan fingerprint density at radius 2 is 1.75 bits per heavy atom. The normalized spacial score (nSPS) is 13.9. The summed E-state index contributed by atoms with van der Waals surface area (Å²) in [4.78, 5) is 13.7. The van der Waals surface area contributed by atoms with Gasteiger partial charge in [0, 0.05) is 13.1 Å². The number of nitrogens with zero attached hydrogens (tertiary/aromatic N) is 1. The Bertz CT molecular complexity index is 507. The molecule has 0 aliphatic carbocycles. The molecule has 2 nitrogen and oxygen atoms in total. The fraction of sp³-hybridized carbons (Fsp3) is 0.154. The van der Waals surface area contributed by atoms with E-state index in [0.717, 1.165) is 24.3 Å². The highest BCUT2D eigenvalue weighted by molar-refractivity contribution is 7.17. The average Bonchev–Trinajstić information content (AvgIpc) is 2.95. The highest BCUT2D eigenvalue weighted by Crippen LogP contribution is 2.32. The van der Waals surface area contributed by atoms with Gasteiger partial charge in [0.05, 0.1) is 9.88 Å². The fourth-order valence-corrected chi connectivity index (χ4v) is 2.88. The number of rotatable bonds is 2.